The third-order valence-electron chi connectivity index (χ3n) is 7.23. The molecule has 21 heavy (non-hydrogen) atoms. The quantitative estimate of drug-likeness (QED) is 0.491. The van der Waals surface area contributed by atoms with Gasteiger partial charge in [-0.1, -0.05) is 71.3 Å². The lowest BCUT2D eigenvalue weighted by molar-refractivity contribution is 0.0991. The summed E-state index contributed by atoms with van der Waals surface area (Å²) >= 11 is 0. The first-order valence-electron chi connectivity index (χ1n) is 9.05. The van der Waals surface area contributed by atoms with Crippen molar-refractivity contribution in [1.29, 1.82) is 0 Å². The van der Waals surface area contributed by atoms with Crippen molar-refractivity contribution in [3.05, 3.63) is 23.3 Å². The summed E-state index contributed by atoms with van der Waals surface area (Å²) in [7, 11) is 0. The number of hydrogen-bond donors (Lipinski definition) is 0. The van der Waals surface area contributed by atoms with Gasteiger partial charge in [0.25, 0.3) is 0 Å². The van der Waals surface area contributed by atoms with E-state index < -0.39 is 0 Å². The molecule has 0 saturated heterocycles. The number of allylic oxidation sites excluding steroid dienone is 3. The lowest BCUT2D eigenvalue weighted by Gasteiger charge is -2.53. The van der Waals surface area contributed by atoms with Crippen LogP contribution in [0.15, 0.2) is 23.3 Å². The van der Waals surface area contributed by atoms with Crippen LogP contribution in [0.1, 0.15) is 80.6 Å². The van der Waals surface area contributed by atoms with Crippen molar-refractivity contribution in [3.8, 4) is 0 Å². The second-order valence-electron chi connectivity index (χ2n) is 8.70. The molecule has 0 heterocycles. The van der Waals surface area contributed by atoms with Crippen molar-refractivity contribution in [1.82, 2.24) is 0 Å². The molecule has 1 unspecified atom stereocenters. The Kier molecular flexibility index (Phi) is 4.49. The fourth-order valence-corrected chi connectivity index (χ4v) is 5.59. The van der Waals surface area contributed by atoms with E-state index in [1.807, 2.05) is 0 Å². The van der Waals surface area contributed by atoms with Crippen LogP contribution in [0.2, 0.25) is 0 Å². The van der Waals surface area contributed by atoms with Crippen molar-refractivity contribution in [3.63, 3.8) is 0 Å². The second-order valence-corrected chi connectivity index (χ2v) is 8.70. The number of rotatable bonds is 2. The van der Waals surface area contributed by atoms with Crippen LogP contribution in [0.3, 0.4) is 0 Å². The maximum Gasteiger partial charge on any atom is -0.00105 e. The van der Waals surface area contributed by atoms with Gasteiger partial charge in [-0.3, -0.25) is 0 Å². The summed E-state index contributed by atoms with van der Waals surface area (Å²) in [4.78, 5) is 0. The maximum atomic E-state index is 4.63. The first-order chi connectivity index (χ1) is 9.66. The Morgan fingerprint density at radius 1 is 1.19 bits per heavy atom. The largest absolute Gasteiger partial charge is 0.0987 e. The van der Waals surface area contributed by atoms with Gasteiger partial charge in [0.1, 0.15) is 0 Å². The van der Waals surface area contributed by atoms with Crippen LogP contribution in [0.5, 0.6) is 0 Å². The summed E-state index contributed by atoms with van der Waals surface area (Å²) in [6.07, 6.45) is 6.61. The summed E-state index contributed by atoms with van der Waals surface area (Å²) in [5.74, 6) is 2.14. The molecule has 2 bridgehead atoms. The molecule has 0 aromatic rings. The molecule has 0 spiro atoms. The molecule has 0 radical (unpaired) electrons. The van der Waals surface area contributed by atoms with Crippen LogP contribution >= 0.6 is 0 Å². The normalized spacial score (nSPS) is 40.0. The van der Waals surface area contributed by atoms with Crippen LogP contribution in [-0.2, 0) is 0 Å². The minimum Gasteiger partial charge on any atom is -0.0987 e. The van der Waals surface area contributed by atoms with Crippen molar-refractivity contribution in [2.75, 3.05) is 0 Å². The molecule has 1 fully saturated rings. The molecule has 0 amide bonds. The van der Waals surface area contributed by atoms with Gasteiger partial charge in [-0.2, -0.15) is 0 Å². The maximum absolute atomic E-state index is 4.63. The molecular weight excluding hydrogens is 252 g/mol. The van der Waals surface area contributed by atoms with Gasteiger partial charge in [-0.15, -0.1) is 0 Å². The van der Waals surface area contributed by atoms with Gasteiger partial charge in [-0.05, 0) is 61.2 Å². The van der Waals surface area contributed by atoms with E-state index in [2.05, 4.69) is 55.0 Å². The number of hydrogen-bond acceptors (Lipinski definition) is 0. The standard InChI is InChI=1S/C21H36/c1-9-12-21(8)15(3)13-18-11-10-14(2)19(20(18,6)7)16(4)17(21)5/h15-16,18H,5,9-13H2,1-4,6-8H3/t15?,16-,18-,21+/m0/s1. The Bertz CT molecular complexity index is 451. The first-order valence-corrected chi connectivity index (χ1v) is 9.05. The molecule has 1 saturated carbocycles. The predicted molar refractivity (Wildman–Crippen MR) is 94.3 cm³/mol. The van der Waals surface area contributed by atoms with Gasteiger partial charge in [0.15, 0.2) is 0 Å². The summed E-state index contributed by atoms with van der Waals surface area (Å²) in [5, 5.41) is 0. The third kappa shape index (κ3) is 2.53. The predicted octanol–water partition coefficient (Wildman–Crippen LogP) is 6.78. The van der Waals surface area contributed by atoms with Gasteiger partial charge >= 0.3 is 0 Å². The highest BCUT2D eigenvalue weighted by atomic mass is 14.5. The fourth-order valence-electron chi connectivity index (χ4n) is 5.59. The summed E-state index contributed by atoms with van der Waals surface area (Å²) < 4.78 is 0. The zero-order chi connectivity index (χ0) is 16.0. The third-order valence-corrected chi connectivity index (χ3v) is 7.23. The van der Waals surface area contributed by atoms with Crippen LogP contribution in [0.4, 0.5) is 0 Å². The van der Waals surface area contributed by atoms with E-state index in [0.29, 0.717) is 16.7 Å². The minimum atomic E-state index is 0.311. The lowest BCUT2D eigenvalue weighted by atomic mass is 9.52. The zero-order valence-corrected chi connectivity index (χ0v) is 15.5. The van der Waals surface area contributed by atoms with Gasteiger partial charge in [0.2, 0.25) is 0 Å². The first kappa shape index (κ1) is 16.8. The van der Waals surface area contributed by atoms with Crippen molar-refractivity contribution in [2.45, 2.75) is 80.6 Å². The van der Waals surface area contributed by atoms with E-state index in [9.17, 15) is 0 Å². The molecule has 2 aliphatic rings. The zero-order valence-electron chi connectivity index (χ0n) is 15.5. The van der Waals surface area contributed by atoms with Gasteiger partial charge in [0, 0.05) is 0 Å². The molecule has 0 aromatic carbocycles. The second kappa shape index (κ2) is 5.60. The molecular formula is C21H36. The van der Waals surface area contributed by atoms with Crippen LogP contribution in [0.25, 0.3) is 0 Å². The van der Waals surface area contributed by atoms with Crippen molar-refractivity contribution in [2.24, 2.45) is 28.6 Å². The van der Waals surface area contributed by atoms with E-state index in [4.69, 9.17) is 0 Å². The van der Waals surface area contributed by atoms with E-state index in [1.165, 1.54) is 37.7 Å². The average molecular weight is 289 g/mol. The fraction of sp³-hybridized carbons (Fsp3) is 0.810. The Labute approximate surface area is 133 Å². The minimum absolute atomic E-state index is 0.311. The molecule has 0 nitrogen and oxygen atoms in total. The molecule has 0 aromatic heterocycles. The highest BCUT2D eigenvalue weighted by Crippen LogP contribution is 2.58. The SMILES string of the molecule is C=C1[C@H](C)C2=C(C)CC[C@@H](CC(C)[C@@]1(C)CCC)C2(C)C. The van der Waals surface area contributed by atoms with Gasteiger partial charge < -0.3 is 0 Å². The Morgan fingerprint density at radius 3 is 2.38 bits per heavy atom. The van der Waals surface area contributed by atoms with Crippen LogP contribution < -0.4 is 0 Å². The monoisotopic (exact) mass is 288 g/mol. The van der Waals surface area contributed by atoms with E-state index in [0.717, 1.165) is 11.8 Å². The van der Waals surface area contributed by atoms with Crippen LogP contribution in [-0.4, -0.2) is 0 Å². The molecule has 0 heteroatoms. The average Bonchev–Trinajstić information content (AvgIpc) is 2.39. The molecule has 4 atom stereocenters. The Hall–Kier alpha value is -0.520. The van der Waals surface area contributed by atoms with Gasteiger partial charge in [-0.25, -0.2) is 0 Å². The van der Waals surface area contributed by atoms with E-state index in [1.54, 1.807) is 11.1 Å². The lowest BCUT2D eigenvalue weighted by Crippen LogP contribution is -2.43. The molecule has 2 rings (SSSR count). The smallest absolute Gasteiger partial charge is 0.00105 e. The van der Waals surface area contributed by atoms with Crippen molar-refractivity contribution >= 4 is 0 Å². The topological polar surface area (TPSA) is 0 Å². The molecule has 0 N–H and O–H groups in total. The highest BCUT2D eigenvalue weighted by Gasteiger charge is 2.47. The molecule has 0 aliphatic heterocycles. The molecule has 120 valence electrons. The number of fused-ring (bicyclic) bond motifs is 2. The summed E-state index contributed by atoms with van der Waals surface area (Å²) in [6, 6.07) is 0. The summed E-state index contributed by atoms with van der Waals surface area (Å²) in [5.41, 5.74) is 5.54. The summed E-state index contributed by atoms with van der Waals surface area (Å²) in [6.45, 7) is 21.7. The van der Waals surface area contributed by atoms with Crippen molar-refractivity contribution < 1.29 is 0 Å². The molecule has 2 aliphatic carbocycles. The van der Waals surface area contributed by atoms with E-state index >= 15 is 0 Å². The highest BCUT2D eigenvalue weighted by molar-refractivity contribution is 5.35. The Balaban J connectivity index is 2.55. The van der Waals surface area contributed by atoms with E-state index in [-0.39, 0.29) is 0 Å². The van der Waals surface area contributed by atoms with Crippen LogP contribution in [0, 0.1) is 28.6 Å². The Morgan fingerprint density at radius 2 is 1.81 bits per heavy atom. The van der Waals surface area contributed by atoms with Gasteiger partial charge in [0.05, 0.1) is 0 Å².